The summed E-state index contributed by atoms with van der Waals surface area (Å²) in [5.41, 5.74) is 7.88. The van der Waals surface area contributed by atoms with Gasteiger partial charge in [-0.15, -0.1) is 0 Å². The second kappa shape index (κ2) is 6.53. The second-order valence-corrected chi connectivity index (χ2v) is 7.84. The van der Waals surface area contributed by atoms with Crippen LogP contribution in [0.1, 0.15) is 40.3 Å². The summed E-state index contributed by atoms with van der Waals surface area (Å²) >= 11 is 3.45. The van der Waals surface area contributed by atoms with E-state index < -0.39 is 0 Å². The lowest BCUT2D eigenvalue weighted by Gasteiger charge is -2.14. The zero-order valence-electron chi connectivity index (χ0n) is 15.3. The highest BCUT2D eigenvalue weighted by molar-refractivity contribution is 9.10. The van der Waals surface area contributed by atoms with Gasteiger partial charge in [-0.3, -0.25) is 0 Å². The fourth-order valence-electron chi connectivity index (χ4n) is 3.58. The van der Waals surface area contributed by atoms with Crippen molar-refractivity contribution < 1.29 is 9.52 Å². The van der Waals surface area contributed by atoms with Crippen molar-refractivity contribution in [1.29, 1.82) is 0 Å². The predicted octanol–water partition coefficient (Wildman–Crippen LogP) is 4.63. The molecule has 0 radical (unpaired) electrons. The molecule has 1 aromatic heterocycles. The van der Waals surface area contributed by atoms with E-state index >= 15 is 0 Å². The van der Waals surface area contributed by atoms with Crippen LogP contribution in [0.15, 0.2) is 49.1 Å². The maximum Gasteiger partial charge on any atom is 0.339 e. The minimum Gasteiger partial charge on any atom is -0.506 e. The zero-order chi connectivity index (χ0) is 19.3. The van der Waals surface area contributed by atoms with Crippen LogP contribution in [-0.4, -0.2) is 10.8 Å². The zero-order valence-corrected chi connectivity index (χ0v) is 16.8. The second-order valence-electron chi connectivity index (χ2n) is 6.93. The lowest BCUT2D eigenvalue weighted by atomic mass is 9.93. The standard InChI is InChI=1S/C21H19BrN2O3/c1-10-8-17-19(11(2)12(3)21(26)27-17)20(25)18(10)16-9-15(23-24-16)13-4-6-14(22)7-5-13/h4-8,15,23,25H,9H2,1-3H3. The van der Waals surface area contributed by atoms with Crippen LogP contribution in [0.4, 0.5) is 0 Å². The third-order valence-corrected chi connectivity index (χ3v) is 5.75. The molecule has 0 saturated carbocycles. The van der Waals surface area contributed by atoms with Gasteiger partial charge in [-0.25, -0.2) is 4.79 Å². The molecule has 0 amide bonds. The van der Waals surface area contributed by atoms with Gasteiger partial charge >= 0.3 is 5.63 Å². The maximum atomic E-state index is 12.0. The Morgan fingerprint density at radius 1 is 1.19 bits per heavy atom. The van der Waals surface area contributed by atoms with Gasteiger partial charge in [0.2, 0.25) is 0 Å². The molecule has 0 fully saturated rings. The van der Waals surface area contributed by atoms with Crippen molar-refractivity contribution in [2.24, 2.45) is 5.10 Å². The van der Waals surface area contributed by atoms with Gasteiger partial charge in [0.05, 0.1) is 17.1 Å². The van der Waals surface area contributed by atoms with Crippen LogP contribution < -0.4 is 11.1 Å². The van der Waals surface area contributed by atoms with Crippen molar-refractivity contribution in [3.05, 3.63) is 73.0 Å². The van der Waals surface area contributed by atoms with E-state index in [0.29, 0.717) is 28.5 Å². The van der Waals surface area contributed by atoms with E-state index in [1.165, 1.54) is 0 Å². The Labute approximate surface area is 164 Å². The van der Waals surface area contributed by atoms with Crippen molar-refractivity contribution in [3.8, 4) is 5.75 Å². The minimum absolute atomic E-state index is 0.0548. The highest BCUT2D eigenvalue weighted by Crippen LogP contribution is 2.37. The normalized spacial score (nSPS) is 16.4. The summed E-state index contributed by atoms with van der Waals surface area (Å²) in [4.78, 5) is 12.0. The number of aromatic hydroxyl groups is 1. The molecular weight excluding hydrogens is 408 g/mol. The predicted molar refractivity (Wildman–Crippen MR) is 110 cm³/mol. The first kappa shape index (κ1) is 17.8. The fraction of sp³-hybridized carbons (Fsp3) is 0.238. The number of phenols is 1. The quantitative estimate of drug-likeness (QED) is 0.585. The van der Waals surface area contributed by atoms with Crippen LogP contribution in [0.3, 0.4) is 0 Å². The van der Waals surface area contributed by atoms with E-state index in [2.05, 4.69) is 38.6 Å². The number of hydrogen-bond donors (Lipinski definition) is 2. The summed E-state index contributed by atoms with van der Waals surface area (Å²) in [6, 6.07) is 9.96. The molecule has 1 atom stereocenters. The molecule has 27 heavy (non-hydrogen) atoms. The van der Waals surface area contributed by atoms with E-state index in [4.69, 9.17) is 4.42 Å². The molecule has 4 rings (SSSR count). The molecule has 0 saturated heterocycles. The number of aryl methyl sites for hydroxylation is 2. The van der Waals surface area contributed by atoms with Gasteiger partial charge in [0.15, 0.2) is 0 Å². The maximum absolute atomic E-state index is 12.0. The number of hydrogen-bond acceptors (Lipinski definition) is 5. The topological polar surface area (TPSA) is 74.8 Å². The van der Waals surface area contributed by atoms with Gasteiger partial charge in [-0.05, 0) is 55.7 Å². The lowest BCUT2D eigenvalue weighted by Crippen LogP contribution is -2.10. The molecule has 2 N–H and O–H groups in total. The van der Waals surface area contributed by atoms with E-state index in [9.17, 15) is 9.90 Å². The smallest absolute Gasteiger partial charge is 0.339 e. The largest absolute Gasteiger partial charge is 0.506 e. The van der Waals surface area contributed by atoms with Gasteiger partial charge in [0, 0.05) is 22.0 Å². The van der Waals surface area contributed by atoms with Crippen LogP contribution in [0, 0.1) is 20.8 Å². The summed E-state index contributed by atoms with van der Waals surface area (Å²) in [7, 11) is 0. The number of nitrogens with zero attached hydrogens (tertiary/aromatic N) is 1. The average Bonchev–Trinajstić information content (AvgIpc) is 3.09. The molecule has 1 aliphatic rings. The van der Waals surface area contributed by atoms with E-state index in [0.717, 1.165) is 26.9 Å². The SMILES string of the molecule is Cc1cc2oc(=O)c(C)c(C)c2c(O)c1C1=NNC(c2ccc(Br)cc2)C1. The molecule has 6 heteroatoms. The van der Waals surface area contributed by atoms with Crippen LogP contribution in [0.5, 0.6) is 5.75 Å². The summed E-state index contributed by atoms with van der Waals surface area (Å²) in [5, 5.41) is 16.1. The fourth-order valence-corrected chi connectivity index (χ4v) is 3.84. The molecule has 0 aliphatic carbocycles. The van der Waals surface area contributed by atoms with Gasteiger partial charge in [0.25, 0.3) is 0 Å². The Hall–Kier alpha value is -2.60. The lowest BCUT2D eigenvalue weighted by molar-refractivity contribution is 0.476. The molecule has 1 aliphatic heterocycles. The van der Waals surface area contributed by atoms with Crippen molar-refractivity contribution in [1.82, 2.24) is 5.43 Å². The number of rotatable bonds is 2. The summed E-state index contributed by atoms with van der Waals surface area (Å²) in [6.07, 6.45) is 0.663. The third kappa shape index (κ3) is 2.94. The summed E-state index contributed by atoms with van der Waals surface area (Å²) < 4.78 is 6.41. The van der Waals surface area contributed by atoms with Gasteiger partial charge in [0.1, 0.15) is 11.3 Å². The monoisotopic (exact) mass is 426 g/mol. The first-order valence-corrected chi connectivity index (χ1v) is 9.50. The number of phenolic OH excluding ortho intramolecular Hbond substituents is 1. The molecule has 0 bridgehead atoms. The minimum atomic E-state index is -0.373. The molecule has 2 heterocycles. The molecule has 3 aromatic rings. The Morgan fingerprint density at radius 3 is 2.59 bits per heavy atom. The van der Waals surface area contributed by atoms with Crippen LogP contribution in [-0.2, 0) is 0 Å². The Morgan fingerprint density at radius 2 is 1.89 bits per heavy atom. The summed E-state index contributed by atoms with van der Waals surface area (Å²) in [5.74, 6) is 0.117. The molecule has 5 nitrogen and oxygen atoms in total. The van der Waals surface area contributed by atoms with Crippen LogP contribution >= 0.6 is 15.9 Å². The molecule has 0 spiro atoms. The third-order valence-electron chi connectivity index (χ3n) is 5.22. The Balaban J connectivity index is 1.78. The highest BCUT2D eigenvalue weighted by atomic mass is 79.9. The van der Waals surface area contributed by atoms with Crippen molar-refractivity contribution in [3.63, 3.8) is 0 Å². The van der Waals surface area contributed by atoms with Gasteiger partial charge in [-0.1, -0.05) is 28.1 Å². The Bertz CT molecular complexity index is 1150. The summed E-state index contributed by atoms with van der Waals surface area (Å²) in [6.45, 7) is 5.42. The molecule has 138 valence electrons. The number of hydrazone groups is 1. The van der Waals surface area contributed by atoms with Crippen molar-refractivity contribution in [2.75, 3.05) is 0 Å². The van der Waals surface area contributed by atoms with E-state index in [1.54, 1.807) is 13.0 Å². The van der Waals surface area contributed by atoms with Crippen LogP contribution in [0.2, 0.25) is 0 Å². The number of fused-ring (bicyclic) bond motifs is 1. The molecule has 1 unspecified atom stereocenters. The van der Waals surface area contributed by atoms with Crippen molar-refractivity contribution in [2.45, 2.75) is 33.2 Å². The molecular formula is C21H19BrN2O3. The van der Waals surface area contributed by atoms with Crippen LogP contribution in [0.25, 0.3) is 11.0 Å². The Kier molecular flexibility index (Phi) is 4.30. The number of benzene rings is 2. The first-order valence-electron chi connectivity index (χ1n) is 8.71. The van der Waals surface area contributed by atoms with E-state index in [1.807, 2.05) is 26.0 Å². The number of nitrogens with one attached hydrogen (secondary N) is 1. The first-order chi connectivity index (χ1) is 12.9. The average molecular weight is 427 g/mol. The van der Waals surface area contributed by atoms with E-state index in [-0.39, 0.29) is 17.4 Å². The molecule has 2 aromatic carbocycles. The highest BCUT2D eigenvalue weighted by Gasteiger charge is 2.26. The van der Waals surface area contributed by atoms with Gasteiger partial charge < -0.3 is 14.9 Å². The number of halogens is 1. The van der Waals surface area contributed by atoms with Gasteiger partial charge in [-0.2, -0.15) is 5.10 Å². The van der Waals surface area contributed by atoms with Crippen molar-refractivity contribution >= 4 is 32.6 Å².